The van der Waals surface area contributed by atoms with Crippen LogP contribution in [0.3, 0.4) is 0 Å². The van der Waals surface area contributed by atoms with Crippen molar-refractivity contribution < 1.29 is 0 Å². The summed E-state index contributed by atoms with van der Waals surface area (Å²) in [5, 5.41) is 0. The maximum absolute atomic E-state index is 5.11. The number of hydrogen-bond acceptors (Lipinski definition) is 1. The van der Waals surface area contributed by atoms with E-state index in [0.29, 0.717) is 6.04 Å². The molecule has 0 aliphatic rings. The predicted octanol–water partition coefficient (Wildman–Crippen LogP) is 2.77. The molecule has 1 aromatic carbocycles. The van der Waals surface area contributed by atoms with Crippen LogP contribution in [0.5, 0.6) is 0 Å². The highest BCUT2D eigenvalue weighted by atomic mass is 14.6. The molecule has 0 spiro atoms. The molecule has 0 saturated heterocycles. The van der Waals surface area contributed by atoms with E-state index in [1.165, 1.54) is 5.56 Å². The summed E-state index contributed by atoms with van der Waals surface area (Å²) in [6, 6.07) is 10.6. The number of rotatable bonds is 2. The van der Waals surface area contributed by atoms with Gasteiger partial charge in [0.15, 0.2) is 0 Å². The van der Waals surface area contributed by atoms with Crippen LogP contribution in [0.2, 0.25) is 0 Å². The fourth-order valence-corrected chi connectivity index (χ4v) is 0.781. The van der Waals surface area contributed by atoms with Crippen molar-refractivity contribution in [1.29, 1.82) is 0 Å². The maximum Gasteiger partial charge on any atom is -0.00179 e. The molecule has 0 fully saturated rings. The van der Waals surface area contributed by atoms with Crippen LogP contribution in [-0.4, -0.2) is 6.04 Å². The van der Waals surface area contributed by atoms with E-state index < -0.39 is 0 Å². The zero-order valence-corrected chi connectivity index (χ0v) is 8.53. The van der Waals surface area contributed by atoms with Crippen LogP contribution in [0.25, 0.3) is 0 Å². The van der Waals surface area contributed by atoms with E-state index in [0.717, 1.165) is 6.42 Å². The van der Waals surface area contributed by atoms with Crippen LogP contribution >= 0.6 is 0 Å². The minimum atomic E-state index is 0.333. The van der Waals surface area contributed by atoms with Gasteiger partial charge in [0.25, 0.3) is 0 Å². The molecule has 0 aromatic heterocycles. The average molecular weight is 177 g/mol. The highest BCUT2D eigenvalue weighted by molar-refractivity contribution is 5.16. The fourth-order valence-electron chi connectivity index (χ4n) is 0.781. The average Bonchev–Trinajstić information content (AvgIpc) is 2.06. The van der Waals surface area contributed by atoms with Crippen molar-refractivity contribution in [1.82, 2.24) is 0 Å². The topological polar surface area (TPSA) is 26.0 Å². The summed E-state index contributed by atoms with van der Waals surface area (Å²) in [6.45, 7) is 7.54. The van der Waals surface area contributed by atoms with Crippen LogP contribution in [0, 0.1) is 0 Å². The molecule has 13 heavy (non-hydrogen) atoms. The highest BCUT2D eigenvalue weighted by Gasteiger charge is 1.82. The van der Waals surface area contributed by atoms with E-state index >= 15 is 0 Å². The van der Waals surface area contributed by atoms with Crippen LogP contribution in [0.1, 0.15) is 19.4 Å². The van der Waals surface area contributed by atoms with Gasteiger partial charge in [-0.3, -0.25) is 0 Å². The summed E-state index contributed by atoms with van der Waals surface area (Å²) in [4.78, 5) is 0. The highest BCUT2D eigenvalue weighted by Crippen LogP contribution is 1.98. The molecule has 1 heteroatoms. The van der Waals surface area contributed by atoms with Crippen LogP contribution in [0.4, 0.5) is 0 Å². The van der Waals surface area contributed by atoms with Crippen molar-refractivity contribution in [2.45, 2.75) is 26.3 Å². The van der Waals surface area contributed by atoms with Crippen molar-refractivity contribution in [3.05, 3.63) is 48.6 Å². The lowest BCUT2D eigenvalue weighted by Crippen LogP contribution is -2.06. The van der Waals surface area contributed by atoms with E-state index in [1.54, 1.807) is 0 Å². The Balaban J connectivity index is 0.000000310. The van der Waals surface area contributed by atoms with Gasteiger partial charge in [-0.1, -0.05) is 50.3 Å². The molecular formula is C12H19N. The second kappa shape index (κ2) is 7.56. The summed E-state index contributed by atoms with van der Waals surface area (Å²) in [5.74, 6) is 0. The van der Waals surface area contributed by atoms with Gasteiger partial charge < -0.3 is 5.73 Å². The van der Waals surface area contributed by atoms with Gasteiger partial charge >= 0.3 is 0 Å². The minimum Gasteiger partial charge on any atom is -0.328 e. The normalized spacial score (nSPS) is 8.92. The second-order valence-corrected chi connectivity index (χ2v) is 3.22. The smallest absolute Gasteiger partial charge is 0.00179 e. The molecule has 0 amide bonds. The molecule has 0 radical (unpaired) electrons. The molecule has 1 nitrogen and oxygen atoms in total. The molecule has 0 unspecified atom stereocenters. The quantitative estimate of drug-likeness (QED) is 0.691. The molecule has 2 N–H and O–H groups in total. The Labute approximate surface area is 81.3 Å². The third-order valence-corrected chi connectivity index (χ3v) is 1.22. The van der Waals surface area contributed by atoms with Gasteiger partial charge in [-0.15, -0.1) is 6.58 Å². The molecule has 72 valence electrons. The van der Waals surface area contributed by atoms with Gasteiger partial charge in [0.1, 0.15) is 0 Å². The monoisotopic (exact) mass is 177 g/mol. The Bertz CT molecular complexity index is 211. The van der Waals surface area contributed by atoms with E-state index in [4.69, 9.17) is 5.73 Å². The molecule has 0 heterocycles. The van der Waals surface area contributed by atoms with Gasteiger partial charge in [0.2, 0.25) is 0 Å². The van der Waals surface area contributed by atoms with Gasteiger partial charge in [-0.05, 0) is 18.0 Å². The lowest BCUT2D eigenvalue weighted by Gasteiger charge is -1.91. The largest absolute Gasteiger partial charge is 0.328 e. The summed E-state index contributed by atoms with van der Waals surface area (Å²) in [5.41, 5.74) is 6.44. The van der Waals surface area contributed by atoms with E-state index in [2.05, 4.69) is 18.7 Å². The van der Waals surface area contributed by atoms with E-state index in [-0.39, 0.29) is 0 Å². The zero-order chi connectivity index (χ0) is 10.1. The standard InChI is InChI=1S/C9H10.C3H9N/c1-2-6-9-7-4-3-5-8-9;1-3(2)4/h2-5,7-8H,1,6H2;3H,4H2,1-2H3. The molecule has 0 saturated carbocycles. The third kappa shape index (κ3) is 8.83. The maximum atomic E-state index is 5.11. The summed E-state index contributed by atoms with van der Waals surface area (Å²) in [7, 11) is 0. The Morgan fingerprint density at radius 1 is 1.31 bits per heavy atom. The minimum absolute atomic E-state index is 0.333. The number of hydrogen-bond donors (Lipinski definition) is 1. The first-order valence-corrected chi connectivity index (χ1v) is 4.57. The molecule has 1 aromatic rings. The van der Waals surface area contributed by atoms with Gasteiger partial charge in [-0.2, -0.15) is 0 Å². The molecular weight excluding hydrogens is 158 g/mol. The van der Waals surface area contributed by atoms with Gasteiger partial charge in [0.05, 0.1) is 0 Å². The van der Waals surface area contributed by atoms with Crippen LogP contribution < -0.4 is 5.73 Å². The second-order valence-electron chi connectivity index (χ2n) is 3.22. The molecule has 0 aliphatic heterocycles. The van der Waals surface area contributed by atoms with Crippen molar-refractivity contribution in [2.75, 3.05) is 0 Å². The SMILES string of the molecule is C=CCc1ccccc1.CC(C)N. The van der Waals surface area contributed by atoms with E-state index in [9.17, 15) is 0 Å². The van der Waals surface area contributed by atoms with Crippen molar-refractivity contribution in [2.24, 2.45) is 5.73 Å². The zero-order valence-electron chi connectivity index (χ0n) is 8.53. The summed E-state index contributed by atoms with van der Waals surface area (Å²) >= 11 is 0. The first kappa shape index (κ1) is 11.9. The Morgan fingerprint density at radius 2 is 1.77 bits per heavy atom. The fraction of sp³-hybridized carbons (Fsp3) is 0.333. The molecule has 0 aliphatic carbocycles. The van der Waals surface area contributed by atoms with Crippen molar-refractivity contribution in [3.8, 4) is 0 Å². The predicted molar refractivity (Wildman–Crippen MR) is 59.7 cm³/mol. The van der Waals surface area contributed by atoms with Crippen LogP contribution in [0.15, 0.2) is 43.0 Å². The number of benzene rings is 1. The Morgan fingerprint density at radius 3 is 2.15 bits per heavy atom. The third-order valence-electron chi connectivity index (χ3n) is 1.22. The molecule has 1 rings (SSSR count). The lowest BCUT2D eigenvalue weighted by atomic mass is 10.2. The van der Waals surface area contributed by atoms with Gasteiger partial charge in [-0.25, -0.2) is 0 Å². The number of allylic oxidation sites excluding steroid dienone is 1. The molecule has 0 bridgehead atoms. The summed E-state index contributed by atoms with van der Waals surface area (Å²) in [6.07, 6.45) is 2.89. The Kier molecular flexibility index (Phi) is 6.93. The number of nitrogens with two attached hydrogens (primary N) is 1. The summed E-state index contributed by atoms with van der Waals surface area (Å²) < 4.78 is 0. The van der Waals surface area contributed by atoms with Gasteiger partial charge in [0, 0.05) is 0 Å². The van der Waals surface area contributed by atoms with Crippen molar-refractivity contribution in [3.63, 3.8) is 0 Å². The Hall–Kier alpha value is -1.08. The van der Waals surface area contributed by atoms with E-state index in [1.807, 2.05) is 38.1 Å². The van der Waals surface area contributed by atoms with Crippen LogP contribution in [-0.2, 0) is 6.42 Å². The first-order valence-electron chi connectivity index (χ1n) is 4.57. The first-order chi connectivity index (χ1) is 6.16. The molecule has 0 atom stereocenters. The lowest BCUT2D eigenvalue weighted by molar-refractivity contribution is 0.834. The van der Waals surface area contributed by atoms with Crippen molar-refractivity contribution >= 4 is 0 Å².